The van der Waals surface area contributed by atoms with E-state index < -0.39 is 5.97 Å². The van der Waals surface area contributed by atoms with Crippen molar-refractivity contribution in [3.63, 3.8) is 0 Å². The van der Waals surface area contributed by atoms with Gasteiger partial charge in [0, 0.05) is 32.5 Å². The van der Waals surface area contributed by atoms with Crippen LogP contribution in [0.5, 0.6) is 0 Å². The van der Waals surface area contributed by atoms with Crippen LogP contribution in [-0.4, -0.2) is 69.2 Å². The van der Waals surface area contributed by atoms with Gasteiger partial charge in [-0.2, -0.15) is 5.10 Å². The third-order valence-electron chi connectivity index (χ3n) is 3.85. The molecule has 1 fully saturated rings. The van der Waals surface area contributed by atoms with Crippen molar-refractivity contribution in [1.82, 2.24) is 19.6 Å². The molecule has 1 aromatic heterocycles. The Morgan fingerprint density at radius 3 is 2.55 bits per heavy atom. The quantitative estimate of drug-likeness (QED) is 0.803. The van der Waals surface area contributed by atoms with Gasteiger partial charge < -0.3 is 14.9 Å². The van der Waals surface area contributed by atoms with Crippen LogP contribution in [-0.2, 0) is 20.9 Å². The molecule has 0 atom stereocenters. The molecule has 1 aromatic rings. The number of hydrogen-bond donors (Lipinski definition) is 1. The minimum absolute atomic E-state index is 0.00214. The van der Waals surface area contributed by atoms with Crippen molar-refractivity contribution in [3.8, 4) is 0 Å². The lowest BCUT2D eigenvalue weighted by Crippen LogP contribution is -2.46. The molecule has 0 radical (unpaired) electrons. The molecule has 1 aliphatic heterocycles. The van der Waals surface area contributed by atoms with E-state index in [1.165, 1.54) is 9.58 Å². The molecule has 0 aliphatic carbocycles. The monoisotopic (exact) mass is 308 g/mol. The summed E-state index contributed by atoms with van der Waals surface area (Å²) in [6.07, 6.45) is 4.20. The summed E-state index contributed by atoms with van der Waals surface area (Å²) in [5.74, 6) is -1.53. The van der Waals surface area contributed by atoms with Gasteiger partial charge in [0.2, 0.25) is 11.8 Å². The average molecular weight is 308 g/mol. The summed E-state index contributed by atoms with van der Waals surface area (Å²) < 4.78 is 1.50. The normalized spacial score (nSPS) is 15.6. The minimum Gasteiger partial charge on any atom is -0.481 e. The lowest BCUT2D eigenvalue weighted by Gasteiger charge is -2.31. The van der Waals surface area contributed by atoms with Crippen molar-refractivity contribution >= 4 is 17.8 Å². The van der Waals surface area contributed by atoms with Crippen LogP contribution in [0.3, 0.4) is 0 Å². The third-order valence-corrected chi connectivity index (χ3v) is 3.85. The molecule has 1 aliphatic rings. The molecule has 1 N–H and O–H groups in total. The number of nitrogens with zero attached hydrogens (tertiary/aromatic N) is 4. The Morgan fingerprint density at radius 1 is 1.32 bits per heavy atom. The van der Waals surface area contributed by atoms with Crippen molar-refractivity contribution in [2.24, 2.45) is 5.92 Å². The predicted octanol–water partition coefficient (Wildman–Crippen LogP) is -0.335. The molecule has 8 nitrogen and oxygen atoms in total. The Bertz CT molecular complexity index is 535. The maximum Gasteiger partial charge on any atom is 0.306 e. The molecule has 2 heterocycles. The van der Waals surface area contributed by atoms with E-state index in [1.54, 1.807) is 30.4 Å². The molecule has 0 bridgehead atoms. The number of aromatic nitrogens is 2. The summed E-state index contributed by atoms with van der Waals surface area (Å²) in [6.45, 7) is 0.948. The second-order valence-corrected chi connectivity index (χ2v) is 5.45. The summed E-state index contributed by atoms with van der Waals surface area (Å²) in [4.78, 5) is 38.0. The fourth-order valence-corrected chi connectivity index (χ4v) is 2.42. The van der Waals surface area contributed by atoms with Crippen LogP contribution in [0.2, 0.25) is 0 Å². The number of carboxylic acids is 1. The number of hydrogen-bond acceptors (Lipinski definition) is 4. The molecule has 22 heavy (non-hydrogen) atoms. The maximum atomic E-state index is 12.2. The maximum absolute atomic E-state index is 12.2. The fourth-order valence-electron chi connectivity index (χ4n) is 2.42. The smallest absolute Gasteiger partial charge is 0.306 e. The van der Waals surface area contributed by atoms with Crippen molar-refractivity contribution in [2.45, 2.75) is 19.4 Å². The molecule has 8 heteroatoms. The van der Waals surface area contributed by atoms with Gasteiger partial charge in [0.15, 0.2) is 0 Å². The van der Waals surface area contributed by atoms with E-state index >= 15 is 0 Å². The second-order valence-electron chi connectivity index (χ2n) is 5.45. The van der Waals surface area contributed by atoms with Gasteiger partial charge in [0.25, 0.3) is 0 Å². The predicted molar refractivity (Wildman–Crippen MR) is 76.8 cm³/mol. The van der Waals surface area contributed by atoms with Crippen LogP contribution in [0.15, 0.2) is 18.5 Å². The lowest BCUT2D eigenvalue weighted by atomic mass is 9.97. The number of likely N-dealkylation sites (tertiary alicyclic amines) is 1. The largest absolute Gasteiger partial charge is 0.481 e. The van der Waals surface area contributed by atoms with Gasteiger partial charge in [-0.05, 0) is 18.9 Å². The molecule has 0 unspecified atom stereocenters. The van der Waals surface area contributed by atoms with E-state index in [1.807, 2.05) is 0 Å². The Labute approximate surface area is 128 Å². The topological polar surface area (TPSA) is 95.7 Å². The summed E-state index contributed by atoms with van der Waals surface area (Å²) in [5.41, 5.74) is 0. The highest BCUT2D eigenvalue weighted by atomic mass is 16.4. The van der Waals surface area contributed by atoms with Crippen LogP contribution in [0.25, 0.3) is 0 Å². The highest BCUT2D eigenvalue weighted by molar-refractivity contribution is 5.84. The number of carboxylic acid groups (broad SMARTS) is 1. The highest BCUT2D eigenvalue weighted by Crippen LogP contribution is 2.17. The first-order valence-corrected chi connectivity index (χ1v) is 7.19. The summed E-state index contributed by atoms with van der Waals surface area (Å²) in [6, 6.07) is 1.73. The molecule has 2 rings (SSSR count). The van der Waals surface area contributed by atoms with E-state index in [4.69, 9.17) is 5.11 Å². The van der Waals surface area contributed by atoms with Crippen molar-refractivity contribution in [1.29, 1.82) is 0 Å². The van der Waals surface area contributed by atoms with Crippen molar-refractivity contribution in [2.75, 3.05) is 26.7 Å². The Morgan fingerprint density at radius 2 is 2.00 bits per heavy atom. The molecular weight excluding hydrogens is 288 g/mol. The standard InChI is InChI=1S/C14H20N4O4/c1-16(12(19)10-18-6-2-5-15-18)9-13(20)17-7-3-11(4-8-17)14(21)22/h2,5-6,11H,3-4,7-10H2,1H3,(H,21,22). The number of amides is 2. The van der Waals surface area contributed by atoms with Gasteiger partial charge >= 0.3 is 5.97 Å². The van der Waals surface area contributed by atoms with Crippen LogP contribution in [0.1, 0.15) is 12.8 Å². The third kappa shape index (κ3) is 4.06. The summed E-state index contributed by atoms with van der Waals surface area (Å²) in [7, 11) is 1.58. The zero-order chi connectivity index (χ0) is 16.1. The summed E-state index contributed by atoms with van der Waals surface area (Å²) >= 11 is 0. The minimum atomic E-state index is -0.807. The SMILES string of the molecule is CN(CC(=O)N1CCC(C(=O)O)CC1)C(=O)Cn1cccn1. The van der Waals surface area contributed by atoms with Crippen LogP contribution in [0.4, 0.5) is 0 Å². The van der Waals surface area contributed by atoms with Gasteiger partial charge in [0.1, 0.15) is 6.54 Å². The molecule has 0 spiro atoms. The van der Waals surface area contributed by atoms with Crippen molar-refractivity contribution in [3.05, 3.63) is 18.5 Å². The lowest BCUT2D eigenvalue weighted by molar-refractivity contribution is -0.146. The van der Waals surface area contributed by atoms with Gasteiger partial charge in [-0.25, -0.2) is 0 Å². The number of carbonyl (C=O) groups excluding carboxylic acids is 2. The molecular formula is C14H20N4O4. The van der Waals surface area contributed by atoms with E-state index in [0.717, 1.165) is 0 Å². The molecule has 2 amide bonds. The number of likely N-dealkylation sites (N-methyl/N-ethyl adjacent to an activating group) is 1. The van der Waals surface area contributed by atoms with Gasteiger partial charge in [-0.1, -0.05) is 0 Å². The number of piperidine rings is 1. The highest BCUT2D eigenvalue weighted by Gasteiger charge is 2.27. The van der Waals surface area contributed by atoms with Crippen molar-refractivity contribution < 1.29 is 19.5 Å². The van der Waals surface area contributed by atoms with Crippen LogP contribution in [0, 0.1) is 5.92 Å². The molecule has 0 saturated carbocycles. The van der Waals surface area contributed by atoms with Crippen LogP contribution >= 0.6 is 0 Å². The first kappa shape index (κ1) is 16.0. The Hall–Kier alpha value is -2.38. The van der Waals surface area contributed by atoms with Gasteiger partial charge in [-0.15, -0.1) is 0 Å². The van der Waals surface area contributed by atoms with Crippen LogP contribution < -0.4 is 0 Å². The first-order valence-electron chi connectivity index (χ1n) is 7.19. The molecule has 120 valence electrons. The van der Waals surface area contributed by atoms with E-state index in [2.05, 4.69) is 5.10 Å². The average Bonchev–Trinajstić information content (AvgIpc) is 3.00. The summed E-state index contributed by atoms with van der Waals surface area (Å²) in [5, 5.41) is 12.9. The molecule has 0 aromatic carbocycles. The zero-order valence-electron chi connectivity index (χ0n) is 12.5. The second kappa shape index (κ2) is 7.06. The number of rotatable bonds is 5. The Balaban J connectivity index is 1.79. The Kier molecular flexibility index (Phi) is 5.13. The van der Waals surface area contributed by atoms with E-state index in [9.17, 15) is 14.4 Å². The molecule has 1 saturated heterocycles. The number of carbonyl (C=O) groups is 3. The number of aliphatic carboxylic acids is 1. The fraction of sp³-hybridized carbons (Fsp3) is 0.571. The first-order chi connectivity index (χ1) is 10.5. The van der Waals surface area contributed by atoms with E-state index in [0.29, 0.717) is 25.9 Å². The van der Waals surface area contributed by atoms with E-state index in [-0.39, 0.29) is 30.8 Å². The van der Waals surface area contributed by atoms with Gasteiger partial charge in [0.05, 0.1) is 12.5 Å². The van der Waals surface area contributed by atoms with Gasteiger partial charge in [-0.3, -0.25) is 19.1 Å². The zero-order valence-corrected chi connectivity index (χ0v) is 12.5.